The predicted octanol–water partition coefficient (Wildman–Crippen LogP) is 2.11. The van der Waals surface area contributed by atoms with Crippen molar-refractivity contribution in [2.24, 2.45) is 5.73 Å². The van der Waals surface area contributed by atoms with Crippen LogP contribution in [-0.4, -0.2) is 15.9 Å². The molecule has 4 heteroatoms. The summed E-state index contributed by atoms with van der Waals surface area (Å²) < 4.78 is 0. The van der Waals surface area contributed by atoms with Crippen LogP contribution in [0.1, 0.15) is 62.3 Å². The van der Waals surface area contributed by atoms with E-state index in [-0.39, 0.29) is 11.8 Å². The zero-order valence-corrected chi connectivity index (χ0v) is 10.2. The van der Waals surface area contributed by atoms with Crippen molar-refractivity contribution in [1.82, 2.24) is 9.97 Å². The van der Waals surface area contributed by atoms with Crippen molar-refractivity contribution in [2.45, 2.75) is 50.9 Å². The van der Waals surface area contributed by atoms with E-state index in [1.807, 2.05) is 6.20 Å². The summed E-state index contributed by atoms with van der Waals surface area (Å²) in [6.07, 6.45) is 9.82. The molecular formula is C13H19N3O. The molecule has 0 bridgehead atoms. The van der Waals surface area contributed by atoms with Gasteiger partial charge in [-0.1, -0.05) is 19.3 Å². The molecule has 0 aliphatic heterocycles. The maximum Gasteiger partial charge on any atom is 0.226 e. The van der Waals surface area contributed by atoms with Crippen LogP contribution in [0.25, 0.3) is 0 Å². The molecule has 2 rings (SSSR count). The molecule has 1 aliphatic carbocycles. The summed E-state index contributed by atoms with van der Waals surface area (Å²) in [6, 6.07) is 0. The Bertz CT molecular complexity index is 382. The largest absolute Gasteiger partial charge is 0.369 e. The van der Waals surface area contributed by atoms with E-state index in [1.54, 1.807) is 13.1 Å². The van der Waals surface area contributed by atoms with Gasteiger partial charge in [0.25, 0.3) is 0 Å². The third kappa shape index (κ3) is 2.81. The number of nitrogens with two attached hydrogens (primary N) is 1. The van der Waals surface area contributed by atoms with E-state index in [1.165, 1.54) is 32.1 Å². The number of hydrogen-bond donors (Lipinski definition) is 1. The van der Waals surface area contributed by atoms with Gasteiger partial charge in [-0.25, -0.2) is 0 Å². The molecule has 0 radical (unpaired) electrons. The number of hydrogen-bond acceptors (Lipinski definition) is 3. The van der Waals surface area contributed by atoms with Gasteiger partial charge in [-0.05, 0) is 19.8 Å². The normalized spacial score (nSPS) is 18.9. The fraction of sp³-hybridized carbons (Fsp3) is 0.615. The molecule has 17 heavy (non-hydrogen) atoms. The quantitative estimate of drug-likeness (QED) is 0.869. The molecule has 1 fully saturated rings. The van der Waals surface area contributed by atoms with Crippen LogP contribution in [0.2, 0.25) is 0 Å². The molecule has 0 saturated heterocycles. The maximum atomic E-state index is 11.0. The van der Waals surface area contributed by atoms with Crippen molar-refractivity contribution < 1.29 is 4.79 Å². The Morgan fingerprint density at radius 2 is 2.00 bits per heavy atom. The predicted molar refractivity (Wildman–Crippen MR) is 65.5 cm³/mol. The Morgan fingerprint density at radius 1 is 1.29 bits per heavy atom. The van der Waals surface area contributed by atoms with Gasteiger partial charge in [0.15, 0.2) is 0 Å². The number of rotatable bonds is 3. The van der Waals surface area contributed by atoms with Crippen molar-refractivity contribution >= 4 is 5.91 Å². The second-order valence-electron chi connectivity index (χ2n) is 4.83. The van der Waals surface area contributed by atoms with Crippen molar-refractivity contribution in [1.29, 1.82) is 0 Å². The Morgan fingerprint density at radius 3 is 2.53 bits per heavy atom. The first-order valence-corrected chi connectivity index (χ1v) is 6.29. The molecule has 1 unspecified atom stereocenters. The summed E-state index contributed by atoms with van der Waals surface area (Å²) in [5, 5.41) is 0. The molecular weight excluding hydrogens is 214 g/mol. The molecule has 1 heterocycles. The summed E-state index contributed by atoms with van der Waals surface area (Å²) in [4.78, 5) is 19.8. The van der Waals surface area contributed by atoms with Crippen LogP contribution in [0.5, 0.6) is 0 Å². The number of aromatic nitrogens is 2. The molecule has 0 aromatic carbocycles. The number of carbonyl (C=O) groups excluding carboxylic acids is 1. The highest BCUT2D eigenvalue weighted by Crippen LogP contribution is 2.31. The lowest BCUT2D eigenvalue weighted by Gasteiger charge is -2.20. The zero-order chi connectivity index (χ0) is 12.3. The highest BCUT2D eigenvalue weighted by Gasteiger charge is 2.18. The lowest BCUT2D eigenvalue weighted by Crippen LogP contribution is -2.20. The second-order valence-corrected chi connectivity index (χ2v) is 4.83. The van der Waals surface area contributed by atoms with E-state index in [2.05, 4.69) is 9.97 Å². The zero-order valence-electron chi connectivity index (χ0n) is 10.2. The first-order valence-electron chi connectivity index (χ1n) is 6.29. The van der Waals surface area contributed by atoms with Crippen LogP contribution in [0.15, 0.2) is 12.4 Å². The van der Waals surface area contributed by atoms with Gasteiger partial charge in [0, 0.05) is 18.3 Å². The molecule has 92 valence electrons. The average molecular weight is 233 g/mol. The molecule has 2 N–H and O–H groups in total. The highest BCUT2D eigenvalue weighted by atomic mass is 16.1. The first-order chi connectivity index (χ1) is 8.18. The number of amides is 1. The minimum atomic E-state index is -0.358. The summed E-state index contributed by atoms with van der Waals surface area (Å²) in [6.45, 7) is 1.76. The summed E-state index contributed by atoms with van der Waals surface area (Å²) >= 11 is 0. The van der Waals surface area contributed by atoms with Gasteiger partial charge in [-0.3, -0.25) is 14.8 Å². The smallest absolute Gasteiger partial charge is 0.226 e. The van der Waals surface area contributed by atoms with E-state index >= 15 is 0 Å². The van der Waals surface area contributed by atoms with Crippen LogP contribution in [0, 0.1) is 0 Å². The monoisotopic (exact) mass is 233 g/mol. The Labute approximate surface area is 102 Å². The van der Waals surface area contributed by atoms with Gasteiger partial charge in [0.2, 0.25) is 5.91 Å². The number of primary amides is 1. The number of nitrogens with zero attached hydrogens (tertiary/aromatic N) is 2. The lowest BCUT2D eigenvalue weighted by molar-refractivity contribution is -0.119. The van der Waals surface area contributed by atoms with E-state index in [0.717, 1.165) is 5.69 Å². The minimum Gasteiger partial charge on any atom is -0.369 e. The Kier molecular flexibility index (Phi) is 3.71. The van der Waals surface area contributed by atoms with Crippen molar-refractivity contribution in [3.63, 3.8) is 0 Å². The molecule has 1 aliphatic rings. The lowest BCUT2D eigenvalue weighted by atomic mass is 9.87. The third-order valence-corrected chi connectivity index (χ3v) is 3.59. The molecule has 0 spiro atoms. The van der Waals surface area contributed by atoms with Crippen LogP contribution in [0.3, 0.4) is 0 Å². The average Bonchev–Trinajstić information content (AvgIpc) is 2.39. The molecule has 4 nitrogen and oxygen atoms in total. The Balaban J connectivity index is 2.09. The van der Waals surface area contributed by atoms with Gasteiger partial charge in [0.05, 0.1) is 17.3 Å². The first kappa shape index (κ1) is 12.0. The molecule has 1 aromatic heterocycles. The second kappa shape index (κ2) is 5.25. The van der Waals surface area contributed by atoms with Crippen molar-refractivity contribution in [2.75, 3.05) is 0 Å². The maximum absolute atomic E-state index is 11.0. The van der Waals surface area contributed by atoms with Crippen molar-refractivity contribution in [3.05, 3.63) is 23.8 Å². The summed E-state index contributed by atoms with van der Waals surface area (Å²) in [5.74, 6) is -0.165. The van der Waals surface area contributed by atoms with E-state index in [4.69, 9.17) is 5.73 Å². The van der Waals surface area contributed by atoms with E-state index < -0.39 is 0 Å². The third-order valence-electron chi connectivity index (χ3n) is 3.59. The summed E-state index contributed by atoms with van der Waals surface area (Å²) in [5.41, 5.74) is 6.97. The number of carbonyl (C=O) groups is 1. The van der Waals surface area contributed by atoms with Crippen molar-refractivity contribution in [3.8, 4) is 0 Å². The van der Waals surface area contributed by atoms with Gasteiger partial charge in [-0.15, -0.1) is 0 Å². The Hall–Kier alpha value is -1.45. The topological polar surface area (TPSA) is 68.9 Å². The summed E-state index contributed by atoms with van der Waals surface area (Å²) in [7, 11) is 0. The molecule has 1 atom stereocenters. The van der Waals surface area contributed by atoms with Crippen LogP contribution in [0.4, 0.5) is 0 Å². The van der Waals surface area contributed by atoms with Crippen LogP contribution >= 0.6 is 0 Å². The minimum absolute atomic E-state index is 0.357. The van der Waals surface area contributed by atoms with Gasteiger partial charge in [-0.2, -0.15) is 0 Å². The molecule has 1 saturated carbocycles. The van der Waals surface area contributed by atoms with Crippen LogP contribution in [-0.2, 0) is 4.79 Å². The van der Waals surface area contributed by atoms with E-state index in [9.17, 15) is 4.79 Å². The fourth-order valence-corrected chi connectivity index (χ4v) is 2.33. The van der Waals surface area contributed by atoms with Gasteiger partial charge in [0.1, 0.15) is 0 Å². The fourth-order valence-electron chi connectivity index (χ4n) is 2.33. The van der Waals surface area contributed by atoms with Crippen LogP contribution < -0.4 is 5.73 Å². The standard InChI is InChI=1S/C13H19N3O/c1-9(13(14)17)11-7-16-12(8-15-11)10-5-3-2-4-6-10/h7-10H,2-6H2,1H3,(H2,14,17). The molecule has 1 aromatic rings. The molecule has 1 amide bonds. The highest BCUT2D eigenvalue weighted by molar-refractivity contribution is 5.80. The van der Waals surface area contributed by atoms with E-state index in [0.29, 0.717) is 11.6 Å². The van der Waals surface area contributed by atoms with Gasteiger partial charge >= 0.3 is 0 Å². The SMILES string of the molecule is CC(C(N)=O)c1cnc(C2CCCCC2)cn1. The van der Waals surface area contributed by atoms with Gasteiger partial charge < -0.3 is 5.73 Å².